The summed E-state index contributed by atoms with van der Waals surface area (Å²) in [5.74, 6) is -0.202. The Morgan fingerprint density at radius 1 is 1.16 bits per heavy atom. The van der Waals surface area contributed by atoms with Crippen LogP contribution in [0, 0.1) is 6.92 Å². The van der Waals surface area contributed by atoms with Crippen LogP contribution in [0.2, 0.25) is 0 Å². The second kappa shape index (κ2) is 5.91. The zero-order chi connectivity index (χ0) is 13.7. The van der Waals surface area contributed by atoms with Crippen molar-refractivity contribution >= 4 is 11.6 Å². The SMILES string of the molecule is CC(=NNC(=O)c1ccccc1C)c1ccncc1. The van der Waals surface area contributed by atoms with Crippen molar-refractivity contribution in [3.63, 3.8) is 0 Å². The number of carbonyl (C=O) groups is 1. The number of aryl methyl sites for hydroxylation is 1. The number of nitrogens with zero attached hydrogens (tertiary/aromatic N) is 2. The Hall–Kier alpha value is -2.49. The van der Waals surface area contributed by atoms with Crippen LogP contribution in [0.15, 0.2) is 53.9 Å². The summed E-state index contributed by atoms with van der Waals surface area (Å²) in [6.45, 7) is 3.74. The lowest BCUT2D eigenvalue weighted by atomic mass is 10.1. The summed E-state index contributed by atoms with van der Waals surface area (Å²) in [4.78, 5) is 15.9. The van der Waals surface area contributed by atoms with E-state index < -0.39 is 0 Å². The molecule has 1 aromatic heterocycles. The maximum absolute atomic E-state index is 12.0. The molecule has 0 fully saturated rings. The zero-order valence-electron chi connectivity index (χ0n) is 10.9. The average Bonchev–Trinajstić information content (AvgIpc) is 2.46. The summed E-state index contributed by atoms with van der Waals surface area (Å²) in [5.41, 5.74) is 5.80. The molecule has 1 heterocycles. The second-order valence-electron chi connectivity index (χ2n) is 4.19. The number of amides is 1. The van der Waals surface area contributed by atoms with Gasteiger partial charge in [-0.1, -0.05) is 18.2 Å². The van der Waals surface area contributed by atoms with Gasteiger partial charge in [0.15, 0.2) is 0 Å². The second-order valence-corrected chi connectivity index (χ2v) is 4.19. The van der Waals surface area contributed by atoms with Crippen molar-refractivity contribution in [2.75, 3.05) is 0 Å². The highest BCUT2D eigenvalue weighted by molar-refractivity contribution is 6.01. The van der Waals surface area contributed by atoms with Crippen molar-refractivity contribution in [2.45, 2.75) is 13.8 Å². The number of rotatable bonds is 3. The quantitative estimate of drug-likeness (QED) is 0.675. The molecule has 1 amide bonds. The van der Waals surface area contributed by atoms with Gasteiger partial charge in [0, 0.05) is 23.5 Å². The summed E-state index contributed by atoms with van der Waals surface area (Å²) in [5, 5.41) is 4.10. The molecule has 2 aromatic rings. The first-order valence-electron chi connectivity index (χ1n) is 5.99. The van der Waals surface area contributed by atoms with Crippen LogP contribution in [0.1, 0.15) is 28.4 Å². The Morgan fingerprint density at radius 2 is 1.84 bits per heavy atom. The highest BCUT2D eigenvalue weighted by Crippen LogP contribution is 2.06. The molecule has 0 aliphatic rings. The van der Waals surface area contributed by atoms with E-state index in [9.17, 15) is 4.79 Å². The molecule has 1 aromatic carbocycles. The summed E-state index contributed by atoms with van der Waals surface area (Å²) < 4.78 is 0. The number of hydrazone groups is 1. The van der Waals surface area contributed by atoms with Crippen LogP contribution in [-0.2, 0) is 0 Å². The number of carbonyl (C=O) groups excluding carboxylic acids is 1. The number of benzene rings is 1. The minimum Gasteiger partial charge on any atom is -0.267 e. The first-order chi connectivity index (χ1) is 9.18. The molecule has 0 aliphatic carbocycles. The fraction of sp³-hybridized carbons (Fsp3) is 0.133. The van der Waals surface area contributed by atoms with Gasteiger partial charge in [0.2, 0.25) is 0 Å². The molecule has 4 nitrogen and oxygen atoms in total. The first-order valence-corrected chi connectivity index (χ1v) is 5.99. The van der Waals surface area contributed by atoms with Crippen molar-refractivity contribution in [3.05, 3.63) is 65.5 Å². The normalized spacial score (nSPS) is 11.2. The first kappa shape index (κ1) is 13.0. The lowest BCUT2D eigenvalue weighted by molar-refractivity contribution is 0.0954. The molecule has 0 spiro atoms. The van der Waals surface area contributed by atoms with Crippen LogP contribution in [0.25, 0.3) is 0 Å². The fourth-order valence-electron chi connectivity index (χ4n) is 1.68. The summed E-state index contributed by atoms with van der Waals surface area (Å²) >= 11 is 0. The molecule has 0 bridgehead atoms. The summed E-state index contributed by atoms with van der Waals surface area (Å²) in [6, 6.07) is 11.1. The number of hydrogen-bond acceptors (Lipinski definition) is 3. The maximum atomic E-state index is 12.0. The minimum absolute atomic E-state index is 0.202. The molecule has 4 heteroatoms. The van der Waals surface area contributed by atoms with Gasteiger partial charge in [0.25, 0.3) is 5.91 Å². The Kier molecular flexibility index (Phi) is 4.03. The van der Waals surface area contributed by atoms with Gasteiger partial charge in [0.1, 0.15) is 0 Å². The third kappa shape index (κ3) is 3.25. The number of nitrogens with one attached hydrogen (secondary N) is 1. The molecule has 0 atom stereocenters. The van der Waals surface area contributed by atoms with Crippen LogP contribution in [0.4, 0.5) is 0 Å². The van der Waals surface area contributed by atoms with Crippen molar-refractivity contribution in [2.24, 2.45) is 5.10 Å². The smallest absolute Gasteiger partial charge is 0.267 e. The molecule has 0 radical (unpaired) electrons. The topological polar surface area (TPSA) is 54.4 Å². The number of aromatic nitrogens is 1. The standard InChI is InChI=1S/C15H15N3O/c1-11-5-3-4-6-14(11)15(19)18-17-12(2)13-7-9-16-10-8-13/h3-10H,1-2H3,(H,18,19). The van der Waals surface area contributed by atoms with Crippen LogP contribution in [0.5, 0.6) is 0 Å². The largest absolute Gasteiger partial charge is 0.271 e. The van der Waals surface area contributed by atoms with E-state index >= 15 is 0 Å². The molecule has 1 N–H and O–H groups in total. The van der Waals surface area contributed by atoms with Crippen molar-refractivity contribution < 1.29 is 4.79 Å². The Labute approximate surface area is 112 Å². The predicted octanol–water partition coefficient (Wildman–Crippen LogP) is 2.54. The van der Waals surface area contributed by atoms with E-state index in [1.807, 2.05) is 44.2 Å². The third-order valence-electron chi connectivity index (χ3n) is 2.81. The Bertz CT molecular complexity index is 606. The zero-order valence-corrected chi connectivity index (χ0v) is 10.9. The maximum Gasteiger partial charge on any atom is 0.271 e. The average molecular weight is 253 g/mol. The van der Waals surface area contributed by atoms with Gasteiger partial charge in [-0.25, -0.2) is 5.43 Å². The van der Waals surface area contributed by atoms with Crippen LogP contribution in [-0.4, -0.2) is 16.6 Å². The number of hydrogen-bond donors (Lipinski definition) is 1. The van der Waals surface area contributed by atoms with Gasteiger partial charge in [0.05, 0.1) is 5.71 Å². The van der Waals surface area contributed by atoms with E-state index in [4.69, 9.17) is 0 Å². The summed E-state index contributed by atoms with van der Waals surface area (Å²) in [7, 11) is 0. The molecule has 0 unspecified atom stereocenters. The van der Waals surface area contributed by atoms with Gasteiger partial charge >= 0.3 is 0 Å². The molecule has 0 saturated carbocycles. The number of pyridine rings is 1. The molecular formula is C15H15N3O. The molecule has 96 valence electrons. The van der Waals surface area contributed by atoms with Gasteiger partial charge in [-0.3, -0.25) is 9.78 Å². The van der Waals surface area contributed by atoms with E-state index in [1.165, 1.54) is 0 Å². The van der Waals surface area contributed by atoms with E-state index in [1.54, 1.807) is 18.5 Å². The van der Waals surface area contributed by atoms with Gasteiger partial charge in [-0.05, 0) is 37.6 Å². The highest BCUT2D eigenvalue weighted by Gasteiger charge is 2.07. The Morgan fingerprint density at radius 3 is 2.53 bits per heavy atom. The highest BCUT2D eigenvalue weighted by atomic mass is 16.2. The molecule has 0 aliphatic heterocycles. The van der Waals surface area contributed by atoms with Crippen molar-refractivity contribution in [1.82, 2.24) is 10.4 Å². The van der Waals surface area contributed by atoms with Gasteiger partial charge < -0.3 is 0 Å². The molecule has 2 rings (SSSR count). The molecule has 0 saturated heterocycles. The fourth-order valence-corrected chi connectivity index (χ4v) is 1.68. The third-order valence-corrected chi connectivity index (χ3v) is 2.81. The van der Waals surface area contributed by atoms with Crippen molar-refractivity contribution in [1.29, 1.82) is 0 Å². The van der Waals surface area contributed by atoms with E-state index in [2.05, 4.69) is 15.5 Å². The lowest BCUT2D eigenvalue weighted by Crippen LogP contribution is -2.20. The van der Waals surface area contributed by atoms with Gasteiger partial charge in [-0.15, -0.1) is 0 Å². The van der Waals surface area contributed by atoms with E-state index in [-0.39, 0.29) is 5.91 Å². The van der Waals surface area contributed by atoms with Gasteiger partial charge in [-0.2, -0.15) is 5.10 Å². The van der Waals surface area contributed by atoms with Crippen LogP contribution < -0.4 is 5.43 Å². The minimum atomic E-state index is -0.202. The van der Waals surface area contributed by atoms with Crippen LogP contribution >= 0.6 is 0 Å². The molecular weight excluding hydrogens is 238 g/mol. The van der Waals surface area contributed by atoms with E-state index in [0.717, 1.165) is 16.8 Å². The van der Waals surface area contributed by atoms with Crippen molar-refractivity contribution in [3.8, 4) is 0 Å². The lowest BCUT2D eigenvalue weighted by Gasteiger charge is -2.05. The summed E-state index contributed by atoms with van der Waals surface area (Å²) in [6.07, 6.45) is 3.38. The molecule has 19 heavy (non-hydrogen) atoms. The van der Waals surface area contributed by atoms with E-state index in [0.29, 0.717) is 5.56 Å². The monoisotopic (exact) mass is 253 g/mol. The Balaban J connectivity index is 2.11. The predicted molar refractivity (Wildman–Crippen MR) is 75.1 cm³/mol. The van der Waals surface area contributed by atoms with Crippen LogP contribution in [0.3, 0.4) is 0 Å².